The van der Waals surface area contributed by atoms with Gasteiger partial charge in [0.1, 0.15) is 18.2 Å². The number of halogens is 1. The van der Waals surface area contributed by atoms with Gasteiger partial charge in [0.25, 0.3) is 0 Å². The third-order valence-corrected chi connectivity index (χ3v) is 6.27. The Morgan fingerprint density at radius 1 is 1.30 bits per heavy atom. The molecule has 3 aliphatic rings. The molecule has 2 N–H and O–H groups in total. The van der Waals surface area contributed by atoms with Crippen molar-refractivity contribution >= 4 is 33.4 Å². The summed E-state index contributed by atoms with van der Waals surface area (Å²) in [5, 5.41) is 6.36. The van der Waals surface area contributed by atoms with Crippen molar-refractivity contribution in [3.8, 4) is 0 Å². The lowest BCUT2D eigenvalue weighted by atomic mass is 9.95. The summed E-state index contributed by atoms with van der Waals surface area (Å²) in [7, 11) is 0. The Labute approximate surface area is 143 Å². The van der Waals surface area contributed by atoms with E-state index in [9.17, 15) is 9.59 Å². The van der Waals surface area contributed by atoms with Crippen molar-refractivity contribution in [1.29, 1.82) is 0 Å². The van der Waals surface area contributed by atoms with Crippen LogP contribution in [0.25, 0.3) is 0 Å². The molecule has 1 aromatic rings. The predicted octanol–water partition coefficient (Wildman–Crippen LogP) is 2.17. The number of amides is 2. The maximum Gasteiger partial charge on any atom is 0.247 e. The molecule has 2 fully saturated rings. The Morgan fingerprint density at radius 3 is 2.78 bits per heavy atom. The van der Waals surface area contributed by atoms with Crippen LogP contribution in [0.3, 0.4) is 0 Å². The van der Waals surface area contributed by atoms with Crippen molar-refractivity contribution < 1.29 is 9.59 Å². The van der Waals surface area contributed by atoms with Crippen LogP contribution < -0.4 is 10.6 Å². The summed E-state index contributed by atoms with van der Waals surface area (Å²) in [6.07, 6.45) is 1.05. The number of nitrogens with zero attached hydrogens (tertiary/aromatic N) is 1. The highest BCUT2D eigenvalue weighted by Crippen LogP contribution is 2.55. The SMILES string of the molecule is CC(C)C[C@H]1NC(=O)[C@@H]2C[C@]3(Br)c4ccccc4N[C@@H]3N2C1=O. The number of alkyl halides is 1. The summed E-state index contributed by atoms with van der Waals surface area (Å²) in [4.78, 5) is 27.3. The van der Waals surface area contributed by atoms with Gasteiger partial charge in [0.05, 0.1) is 4.32 Å². The van der Waals surface area contributed by atoms with E-state index in [1.54, 1.807) is 4.90 Å². The van der Waals surface area contributed by atoms with E-state index in [1.807, 2.05) is 18.2 Å². The summed E-state index contributed by atoms with van der Waals surface area (Å²) in [6.45, 7) is 4.13. The molecule has 1 aromatic carbocycles. The monoisotopic (exact) mass is 377 g/mol. The molecule has 4 atom stereocenters. The van der Waals surface area contributed by atoms with Crippen LogP contribution in [0, 0.1) is 5.92 Å². The maximum absolute atomic E-state index is 13.0. The molecule has 3 aliphatic heterocycles. The summed E-state index contributed by atoms with van der Waals surface area (Å²) >= 11 is 3.85. The van der Waals surface area contributed by atoms with Crippen LogP contribution in [0.2, 0.25) is 0 Å². The third kappa shape index (κ3) is 2.04. The number of hydrogen-bond acceptors (Lipinski definition) is 3. The number of nitrogens with one attached hydrogen (secondary N) is 2. The fourth-order valence-corrected chi connectivity index (χ4v) is 5.08. The van der Waals surface area contributed by atoms with Crippen molar-refractivity contribution in [2.24, 2.45) is 5.92 Å². The lowest BCUT2D eigenvalue weighted by molar-refractivity contribution is -0.149. The minimum atomic E-state index is -0.417. The number of piperazine rings is 1. The molecule has 23 heavy (non-hydrogen) atoms. The van der Waals surface area contributed by atoms with Gasteiger partial charge in [0, 0.05) is 12.1 Å². The lowest BCUT2D eigenvalue weighted by Crippen LogP contribution is -2.64. The Hall–Kier alpha value is -1.56. The van der Waals surface area contributed by atoms with Gasteiger partial charge < -0.3 is 15.5 Å². The number of anilines is 1. The fourth-order valence-electron chi connectivity index (χ4n) is 4.09. The van der Waals surface area contributed by atoms with Gasteiger partial charge in [-0.3, -0.25) is 9.59 Å². The molecule has 0 radical (unpaired) electrons. The molecule has 0 aliphatic carbocycles. The number of fused-ring (bicyclic) bond motifs is 5. The highest BCUT2D eigenvalue weighted by atomic mass is 79.9. The van der Waals surface area contributed by atoms with E-state index in [-0.39, 0.29) is 18.0 Å². The zero-order valence-electron chi connectivity index (χ0n) is 13.2. The predicted molar refractivity (Wildman–Crippen MR) is 91.1 cm³/mol. The van der Waals surface area contributed by atoms with Gasteiger partial charge in [-0.15, -0.1) is 0 Å². The van der Waals surface area contributed by atoms with E-state index in [1.165, 1.54) is 0 Å². The fraction of sp³-hybridized carbons (Fsp3) is 0.529. The minimum Gasteiger partial charge on any atom is -0.363 e. The Balaban J connectivity index is 1.71. The van der Waals surface area contributed by atoms with Crippen molar-refractivity contribution in [2.45, 2.75) is 49.3 Å². The average Bonchev–Trinajstić information content (AvgIpc) is 2.94. The molecule has 122 valence electrons. The third-order valence-electron chi connectivity index (χ3n) is 5.08. The van der Waals surface area contributed by atoms with Crippen LogP contribution in [0.5, 0.6) is 0 Å². The molecule has 6 heteroatoms. The van der Waals surface area contributed by atoms with Gasteiger partial charge in [-0.1, -0.05) is 48.0 Å². The second-order valence-corrected chi connectivity index (χ2v) is 8.53. The molecule has 0 spiro atoms. The van der Waals surface area contributed by atoms with Gasteiger partial charge in [0.15, 0.2) is 0 Å². The minimum absolute atomic E-state index is 0.0231. The molecule has 0 saturated carbocycles. The Morgan fingerprint density at radius 2 is 2.04 bits per heavy atom. The van der Waals surface area contributed by atoms with Crippen molar-refractivity contribution in [3.63, 3.8) is 0 Å². The number of carbonyl (C=O) groups is 2. The lowest BCUT2D eigenvalue weighted by Gasteiger charge is -2.38. The summed E-state index contributed by atoms with van der Waals surface area (Å²) < 4.78 is -0.395. The molecule has 2 saturated heterocycles. The highest BCUT2D eigenvalue weighted by molar-refractivity contribution is 9.09. The van der Waals surface area contributed by atoms with E-state index >= 15 is 0 Å². The van der Waals surface area contributed by atoms with Crippen LogP contribution in [0.4, 0.5) is 5.69 Å². The van der Waals surface area contributed by atoms with Crippen LogP contribution in [0.15, 0.2) is 24.3 Å². The summed E-state index contributed by atoms with van der Waals surface area (Å²) in [6, 6.07) is 7.23. The molecule has 4 rings (SSSR count). The largest absolute Gasteiger partial charge is 0.363 e. The zero-order valence-corrected chi connectivity index (χ0v) is 14.8. The topological polar surface area (TPSA) is 61.4 Å². The first-order valence-corrected chi connectivity index (χ1v) is 8.88. The summed E-state index contributed by atoms with van der Waals surface area (Å²) in [5.74, 6) is 0.337. The van der Waals surface area contributed by atoms with E-state index in [2.05, 4.69) is 46.5 Å². The molecule has 2 amide bonds. The van der Waals surface area contributed by atoms with Crippen LogP contribution >= 0.6 is 15.9 Å². The first kappa shape index (κ1) is 15.0. The van der Waals surface area contributed by atoms with Crippen molar-refractivity contribution in [1.82, 2.24) is 10.2 Å². The van der Waals surface area contributed by atoms with E-state index < -0.39 is 16.4 Å². The molecule has 3 heterocycles. The quantitative estimate of drug-likeness (QED) is 0.776. The van der Waals surface area contributed by atoms with Crippen molar-refractivity contribution in [2.75, 3.05) is 5.32 Å². The highest BCUT2D eigenvalue weighted by Gasteiger charge is 2.61. The summed E-state index contributed by atoms with van der Waals surface area (Å²) in [5.41, 5.74) is 2.16. The van der Waals surface area contributed by atoms with Crippen LogP contribution in [-0.2, 0) is 13.9 Å². The smallest absolute Gasteiger partial charge is 0.247 e. The average molecular weight is 378 g/mol. The second kappa shape index (κ2) is 4.97. The Bertz CT molecular complexity index is 692. The number of rotatable bonds is 2. The number of benzene rings is 1. The van der Waals surface area contributed by atoms with Crippen molar-refractivity contribution in [3.05, 3.63) is 29.8 Å². The molecule has 0 bridgehead atoms. The first-order chi connectivity index (χ1) is 10.9. The van der Waals surface area contributed by atoms with Crippen LogP contribution in [-0.4, -0.2) is 35.0 Å². The van der Waals surface area contributed by atoms with E-state index in [0.717, 1.165) is 11.3 Å². The van der Waals surface area contributed by atoms with Crippen LogP contribution in [0.1, 0.15) is 32.3 Å². The first-order valence-electron chi connectivity index (χ1n) is 8.09. The molecular formula is C17H20BrN3O2. The molecular weight excluding hydrogens is 358 g/mol. The number of hydrogen-bond donors (Lipinski definition) is 2. The Kier molecular flexibility index (Phi) is 3.24. The molecule has 5 nitrogen and oxygen atoms in total. The van der Waals surface area contributed by atoms with Gasteiger partial charge in [-0.25, -0.2) is 0 Å². The number of para-hydroxylation sites is 1. The van der Waals surface area contributed by atoms with E-state index in [4.69, 9.17) is 0 Å². The van der Waals surface area contributed by atoms with Gasteiger partial charge in [0.2, 0.25) is 11.8 Å². The van der Waals surface area contributed by atoms with E-state index in [0.29, 0.717) is 18.8 Å². The normalized spacial score (nSPS) is 34.8. The molecule has 0 aromatic heterocycles. The van der Waals surface area contributed by atoms with Gasteiger partial charge >= 0.3 is 0 Å². The van der Waals surface area contributed by atoms with Gasteiger partial charge in [-0.05, 0) is 24.0 Å². The second-order valence-electron chi connectivity index (χ2n) is 7.11. The zero-order chi connectivity index (χ0) is 16.4. The number of carbonyl (C=O) groups excluding carboxylic acids is 2. The van der Waals surface area contributed by atoms with Gasteiger partial charge in [-0.2, -0.15) is 0 Å². The molecule has 0 unspecified atom stereocenters. The standard InChI is InChI=1S/C17H20BrN3O2/c1-9(2)7-12-15(23)21-13(14(22)19-12)8-17(18)10-5-3-4-6-11(10)20-16(17)21/h3-6,9,12-13,16,20H,7-8H2,1-2H3,(H,19,22)/t12-,13+,16-,17+/m1/s1. The maximum atomic E-state index is 13.0.